The third-order valence-electron chi connectivity index (χ3n) is 20.3. The zero-order chi connectivity index (χ0) is 76.4. The molecular weight excluding hydrogens is 1350 g/mol. The van der Waals surface area contributed by atoms with Crippen LogP contribution < -0.4 is 0 Å². The Bertz CT molecular complexity index is 2000. The molecule has 0 aliphatic carbocycles. The first-order valence-corrected chi connectivity index (χ1v) is 47.0. The molecule has 6 atom stereocenters. The van der Waals surface area contributed by atoms with E-state index in [0.29, 0.717) is 25.7 Å². The van der Waals surface area contributed by atoms with Crippen molar-refractivity contribution in [3.8, 4) is 0 Å². The lowest BCUT2D eigenvalue weighted by Crippen LogP contribution is -2.30. The van der Waals surface area contributed by atoms with Crippen molar-refractivity contribution in [2.24, 2.45) is 11.8 Å². The first-order valence-electron chi connectivity index (χ1n) is 44.0. The molecule has 19 heteroatoms. The molecule has 0 radical (unpaired) electrons. The van der Waals surface area contributed by atoms with E-state index in [1.165, 1.54) is 270 Å². The molecule has 0 saturated heterocycles. The Morgan fingerprint density at radius 2 is 0.490 bits per heavy atom. The monoisotopic (exact) mass is 1520 g/mol. The average Bonchev–Trinajstić information content (AvgIpc) is 0.908. The Kier molecular flexibility index (Phi) is 75.0. The van der Waals surface area contributed by atoms with E-state index in [2.05, 4.69) is 41.5 Å². The first-order chi connectivity index (χ1) is 50.4. The molecule has 0 fully saturated rings. The van der Waals surface area contributed by atoms with Gasteiger partial charge in [-0.1, -0.05) is 401 Å². The van der Waals surface area contributed by atoms with Crippen molar-refractivity contribution in [2.45, 2.75) is 471 Å². The normalized spacial score (nSPS) is 14.1. The fourth-order valence-corrected chi connectivity index (χ4v) is 14.8. The number of ether oxygens (including phenoxy) is 4. The molecule has 3 N–H and O–H groups in total. The molecule has 0 saturated carbocycles. The van der Waals surface area contributed by atoms with E-state index in [9.17, 15) is 43.2 Å². The van der Waals surface area contributed by atoms with Gasteiger partial charge >= 0.3 is 39.5 Å². The van der Waals surface area contributed by atoms with E-state index in [1.54, 1.807) is 0 Å². The molecule has 0 heterocycles. The number of phosphoric ester groups is 2. The molecule has 0 bridgehead atoms. The summed E-state index contributed by atoms with van der Waals surface area (Å²) in [6.45, 7) is 9.72. The van der Waals surface area contributed by atoms with Gasteiger partial charge in [0, 0.05) is 25.7 Å². The Hall–Kier alpha value is -1.94. The lowest BCUT2D eigenvalue weighted by atomic mass is 9.99. The van der Waals surface area contributed by atoms with E-state index in [4.69, 9.17) is 37.0 Å². The maximum atomic E-state index is 13.1. The summed E-state index contributed by atoms with van der Waals surface area (Å²) in [7, 11) is -9.93. The third kappa shape index (κ3) is 76.8. The number of aliphatic hydroxyl groups excluding tert-OH is 1. The van der Waals surface area contributed by atoms with Crippen molar-refractivity contribution < 1.29 is 80.2 Å². The quantitative estimate of drug-likeness (QED) is 0.0222. The van der Waals surface area contributed by atoms with Gasteiger partial charge in [0.1, 0.15) is 19.3 Å². The Morgan fingerprint density at radius 3 is 0.731 bits per heavy atom. The standard InChI is InChI=1S/C85H166O17P2/c1-7-10-12-14-16-18-20-22-23-24-25-26-27-30-34-38-45-51-57-63-69-84(89)101-80(73-96-83(88)68-62-56-50-44-37-33-31-28-29-32-35-41-47-53-59-65-77(4)5)75-99-103(91,92)97-71-79(86)72-98-104(93,94)100-76-81(74-95-82(87)67-61-55-49-43-36-21-19-17-15-13-11-8-2)102-85(90)70-64-58-52-46-40-39-42-48-54-60-66-78(6)9-3/h77-81,86H,7-76H2,1-6H3,(H,91,92)(H,93,94)/t78?,79-,80-,81-/m1/s1. The lowest BCUT2D eigenvalue weighted by Gasteiger charge is -2.21. The van der Waals surface area contributed by atoms with Crippen molar-refractivity contribution in [1.29, 1.82) is 0 Å². The van der Waals surface area contributed by atoms with Gasteiger partial charge < -0.3 is 33.8 Å². The second-order valence-electron chi connectivity index (χ2n) is 31.3. The van der Waals surface area contributed by atoms with Crippen LogP contribution in [0, 0.1) is 11.8 Å². The molecule has 0 aromatic heterocycles. The van der Waals surface area contributed by atoms with Crippen LogP contribution in [-0.2, 0) is 65.4 Å². The van der Waals surface area contributed by atoms with E-state index in [0.717, 1.165) is 102 Å². The minimum atomic E-state index is -4.97. The van der Waals surface area contributed by atoms with Gasteiger partial charge in [0.2, 0.25) is 0 Å². The summed E-state index contributed by atoms with van der Waals surface area (Å²) in [5, 5.41) is 10.7. The van der Waals surface area contributed by atoms with Crippen molar-refractivity contribution >= 4 is 39.5 Å². The molecular formula is C85H166O17P2. The molecule has 0 amide bonds. The number of phosphoric acid groups is 2. The number of hydrogen-bond donors (Lipinski definition) is 3. The second-order valence-corrected chi connectivity index (χ2v) is 34.2. The minimum Gasteiger partial charge on any atom is -0.462 e. The van der Waals surface area contributed by atoms with Crippen molar-refractivity contribution in [2.75, 3.05) is 39.6 Å². The summed E-state index contributed by atoms with van der Waals surface area (Å²) >= 11 is 0. The Balaban J connectivity index is 5.25. The molecule has 0 aromatic rings. The Labute approximate surface area is 638 Å². The van der Waals surface area contributed by atoms with Gasteiger partial charge in [-0.3, -0.25) is 37.3 Å². The van der Waals surface area contributed by atoms with Gasteiger partial charge in [-0.05, 0) is 37.5 Å². The third-order valence-corrected chi connectivity index (χ3v) is 22.2. The minimum absolute atomic E-state index is 0.107. The molecule has 0 aliphatic heterocycles. The number of rotatable bonds is 84. The van der Waals surface area contributed by atoms with Crippen LogP contribution >= 0.6 is 15.6 Å². The second kappa shape index (κ2) is 76.4. The number of aliphatic hydroxyl groups is 1. The highest BCUT2D eigenvalue weighted by molar-refractivity contribution is 7.47. The highest BCUT2D eigenvalue weighted by Gasteiger charge is 2.30. The largest absolute Gasteiger partial charge is 0.472 e. The van der Waals surface area contributed by atoms with Crippen LogP contribution in [-0.4, -0.2) is 96.7 Å². The van der Waals surface area contributed by atoms with Gasteiger partial charge in [-0.25, -0.2) is 9.13 Å². The molecule has 17 nitrogen and oxygen atoms in total. The molecule has 0 rings (SSSR count). The molecule has 618 valence electrons. The van der Waals surface area contributed by atoms with Gasteiger partial charge in [-0.2, -0.15) is 0 Å². The fourth-order valence-electron chi connectivity index (χ4n) is 13.2. The average molecular weight is 1520 g/mol. The van der Waals surface area contributed by atoms with Crippen molar-refractivity contribution in [1.82, 2.24) is 0 Å². The fraction of sp³-hybridized carbons (Fsp3) is 0.953. The zero-order valence-corrected chi connectivity index (χ0v) is 70.1. The van der Waals surface area contributed by atoms with Gasteiger partial charge in [0.25, 0.3) is 0 Å². The highest BCUT2D eigenvalue weighted by atomic mass is 31.2. The molecule has 104 heavy (non-hydrogen) atoms. The van der Waals surface area contributed by atoms with Gasteiger partial charge in [0.05, 0.1) is 26.4 Å². The van der Waals surface area contributed by atoms with Crippen LogP contribution in [0.3, 0.4) is 0 Å². The number of carbonyl (C=O) groups excluding carboxylic acids is 4. The van der Waals surface area contributed by atoms with Gasteiger partial charge in [0.15, 0.2) is 12.2 Å². The summed E-state index contributed by atoms with van der Waals surface area (Å²) in [6.07, 6.45) is 67.9. The van der Waals surface area contributed by atoms with Crippen LogP contribution in [0.1, 0.15) is 452 Å². The van der Waals surface area contributed by atoms with Crippen LogP contribution in [0.15, 0.2) is 0 Å². The van der Waals surface area contributed by atoms with Crippen LogP contribution in [0.2, 0.25) is 0 Å². The Morgan fingerprint density at radius 1 is 0.279 bits per heavy atom. The highest BCUT2D eigenvalue weighted by Crippen LogP contribution is 2.45. The number of carbonyl (C=O) groups is 4. The van der Waals surface area contributed by atoms with Crippen LogP contribution in [0.4, 0.5) is 0 Å². The van der Waals surface area contributed by atoms with Crippen LogP contribution in [0.25, 0.3) is 0 Å². The van der Waals surface area contributed by atoms with E-state index < -0.39 is 97.5 Å². The van der Waals surface area contributed by atoms with Crippen molar-refractivity contribution in [3.05, 3.63) is 0 Å². The lowest BCUT2D eigenvalue weighted by molar-refractivity contribution is -0.161. The molecule has 0 aromatic carbocycles. The summed E-state index contributed by atoms with van der Waals surface area (Å²) in [6, 6.07) is 0. The maximum absolute atomic E-state index is 13.1. The van der Waals surface area contributed by atoms with E-state index in [-0.39, 0.29) is 25.7 Å². The number of esters is 4. The molecule has 3 unspecified atom stereocenters. The SMILES string of the molecule is CCCCCCCCCCCCCCCCCCCCCCC(=O)O[C@H](COC(=O)CCCCCCCCCCCCCCCCCC(C)C)COP(=O)(O)OC[C@@H](O)COP(=O)(O)OC[C@@H](COC(=O)CCCCCCCCCCCCCC)OC(=O)CCCCCCCCCCCCC(C)CC. The molecule has 0 spiro atoms. The first kappa shape index (κ1) is 102. The predicted molar refractivity (Wildman–Crippen MR) is 428 cm³/mol. The summed E-state index contributed by atoms with van der Waals surface area (Å²) in [5.41, 5.74) is 0. The topological polar surface area (TPSA) is 237 Å². The van der Waals surface area contributed by atoms with Gasteiger partial charge in [-0.15, -0.1) is 0 Å². The number of hydrogen-bond acceptors (Lipinski definition) is 15. The summed E-state index contributed by atoms with van der Waals surface area (Å²) in [4.78, 5) is 73.2. The summed E-state index contributed by atoms with van der Waals surface area (Å²) in [5.74, 6) is -0.493. The number of unbranched alkanes of at least 4 members (excludes halogenated alkanes) is 53. The molecule has 0 aliphatic rings. The van der Waals surface area contributed by atoms with E-state index in [1.807, 2.05) is 0 Å². The zero-order valence-electron chi connectivity index (χ0n) is 68.3. The van der Waals surface area contributed by atoms with E-state index >= 15 is 0 Å². The maximum Gasteiger partial charge on any atom is 0.472 e. The van der Waals surface area contributed by atoms with Crippen molar-refractivity contribution in [3.63, 3.8) is 0 Å². The van der Waals surface area contributed by atoms with Crippen LogP contribution in [0.5, 0.6) is 0 Å². The predicted octanol–water partition coefficient (Wildman–Crippen LogP) is 25.8. The summed E-state index contributed by atoms with van der Waals surface area (Å²) < 4.78 is 68.9. The smallest absolute Gasteiger partial charge is 0.462 e.